The first-order chi connectivity index (χ1) is 11.7. The molecule has 3 heterocycles. The topological polar surface area (TPSA) is 95.6 Å². The molecule has 4 rings (SSSR count). The summed E-state index contributed by atoms with van der Waals surface area (Å²) in [6.07, 6.45) is 2.05. The van der Waals surface area contributed by atoms with Crippen molar-refractivity contribution in [2.75, 3.05) is 11.9 Å². The highest BCUT2D eigenvalue weighted by molar-refractivity contribution is 6.04. The zero-order chi connectivity index (χ0) is 16.5. The van der Waals surface area contributed by atoms with Crippen molar-refractivity contribution in [1.29, 1.82) is 0 Å². The van der Waals surface area contributed by atoms with Crippen molar-refractivity contribution in [1.82, 2.24) is 25.7 Å². The summed E-state index contributed by atoms with van der Waals surface area (Å²) in [7, 11) is 0. The summed E-state index contributed by atoms with van der Waals surface area (Å²) < 4.78 is 0. The number of hydrogen-bond donors (Lipinski definition) is 3. The quantitative estimate of drug-likeness (QED) is 0.688. The van der Waals surface area contributed by atoms with E-state index in [9.17, 15) is 4.79 Å². The van der Waals surface area contributed by atoms with Crippen LogP contribution in [0.15, 0.2) is 30.3 Å². The molecule has 1 aliphatic heterocycles. The van der Waals surface area contributed by atoms with Gasteiger partial charge in [-0.05, 0) is 50.6 Å². The minimum absolute atomic E-state index is 0.0910. The molecule has 0 spiro atoms. The SMILES string of the molecule is Cc1ccc2cc(NC(=O)c3n[nH]nc3C3CCCN3)ccc2n1. The van der Waals surface area contributed by atoms with E-state index in [1.807, 2.05) is 37.3 Å². The summed E-state index contributed by atoms with van der Waals surface area (Å²) in [5.74, 6) is -0.258. The molecule has 7 nitrogen and oxygen atoms in total. The Bertz CT molecular complexity index is 897. The van der Waals surface area contributed by atoms with Gasteiger partial charge in [0.1, 0.15) is 5.69 Å². The molecule has 24 heavy (non-hydrogen) atoms. The largest absolute Gasteiger partial charge is 0.321 e. The van der Waals surface area contributed by atoms with Gasteiger partial charge in [-0.2, -0.15) is 15.4 Å². The number of H-pyrrole nitrogens is 1. The van der Waals surface area contributed by atoms with E-state index >= 15 is 0 Å². The number of nitrogens with one attached hydrogen (secondary N) is 3. The maximum Gasteiger partial charge on any atom is 0.278 e. The molecule has 2 aromatic heterocycles. The van der Waals surface area contributed by atoms with Gasteiger partial charge < -0.3 is 10.6 Å². The molecule has 3 N–H and O–H groups in total. The van der Waals surface area contributed by atoms with Gasteiger partial charge >= 0.3 is 0 Å². The van der Waals surface area contributed by atoms with Crippen molar-refractivity contribution < 1.29 is 4.79 Å². The lowest BCUT2D eigenvalue weighted by atomic mass is 10.1. The molecular weight excluding hydrogens is 304 g/mol. The van der Waals surface area contributed by atoms with Gasteiger partial charge in [0.25, 0.3) is 5.91 Å². The van der Waals surface area contributed by atoms with Crippen LogP contribution in [0.3, 0.4) is 0 Å². The Labute approximate surface area is 138 Å². The second kappa shape index (κ2) is 6.01. The fourth-order valence-corrected chi connectivity index (χ4v) is 3.06. The van der Waals surface area contributed by atoms with Gasteiger partial charge in [0, 0.05) is 16.8 Å². The van der Waals surface area contributed by atoms with Gasteiger partial charge in [-0.15, -0.1) is 0 Å². The van der Waals surface area contributed by atoms with Gasteiger partial charge in [0.15, 0.2) is 5.69 Å². The van der Waals surface area contributed by atoms with Gasteiger partial charge in [0.05, 0.1) is 11.6 Å². The monoisotopic (exact) mass is 322 g/mol. The predicted octanol–water partition coefficient (Wildman–Crippen LogP) is 2.34. The van der Waals surface area contributed by atoms with Crippen molar-refractivity contribution in [3.05, 3.63) is 47.4 Å². The lowest BCUT2D eigenvalue weighted by molar-refractivity contribution is 0.102. The lowest BCUT2D eigenvalue weighted by Crippen LogP contribution is -2.20. The van der Waals surface area contributed by atoms with E-state index in [-0.39, 0.29) is 11.9 Å². The zero-order valence-corrected chi connectivity index (χ0v) is 13.3. The Morgan fingerprint density at radius 3 is 3.00 bits per heavy atom. The summed E-state index contributed by atoms with van der Waals surface area (Å²) in [5.41, 5.74) is 3.62. The Kier molecular flexibility index (Phi) is 3.70. The van der Waals surface area contributed by atoms with Crippen LogP contribution in [-0.4, -0.2) is 32.8 Å². The fraction of sp³-hybridized carbons (Fsp3) is 0.294. The number of fused-ring (bicyclic) bond motifs is 1. The molecule has 0 saturated carbocycles. The van der Waals surface area contributed by atoms with Gasteiger partial charge in [-0.3, -0.25) is 9.78 Å². The predicted molar refractivity (Wildman–Crippen MR) is 90.8 cm³/mol. The normalized spacial score (nSPS) is 17.3. The number of carbonyl (C=O) groups is 1. The average molecular weight is 322 g/mol. The molecule has 1 atom stereocenters. The third-order valence-corrected chi connectivity index (χ3v) is 4.27. The summed E-state index contributed by atoms with van der Waals surface area (Å²) in [6, 6.07) is 9.70. The van der Waals surface area contributed by atoms with E-state index in [1.54, 1.807) is 0 Å². The summed E-state index contributed by atoms with van der Waals surface area (Å²) in [6.45, 7) is 2.90. The van der Waals surface area contributed by atoms with Gasteiger partial charge in [-0.1, -0.05) is 6.07 Å². The average Bonchev–Trinajstić information content (AvgIpc) is 3.25. The molecule has 1 amide bonds. The van der Waals surface area contributed by atoms with Crippen molar-refractivity contribution in [2.24, 2.45) is 0 Å². The Morgan fingerprint density at radius 2 is 2.17 bits per heavy atom. The van der Waals surface area contributed by atoms with Crippen molar-refractivity contribution in [3.63, 3.8) is 0 Å². The van der Waals surface area contributed by atoms with Crippen molar-refractivity contribution in [3.8, 4) is 0 Å². The summed E-state index contributed by atoms with van der Waals surface area (Å²) >= 11 is 0. The van der Waals surface area contributed by atoms with Crippen LogP contribution in [0.4, 0.5) is 5.69 Å². The number of amides is 1. The Balaban J connectivity index is 1.58. The van der Waals surface area contributed by atoms with Gasteiger partial charge in [-0.25, -0.2) is 0 Å². The van der Waals surface area contributed by atoms with E-state index in [2.05, 4.69) is 31.0 Å². The molecule has 1 fully saturated rings. The van der Waals surface area contributed by atoms with Crippen molar-refractivity contribution in [2.45, 2.75) is 25.8 Å². The molecule has 3 aromatic rings. The van der Waals surface area contributed by atoms with Crippen LogP contribution in [0.5, 0.6) is 0 Å². The molecule has 0 radical (unpaired) electrons. The number of aryl methyl sites for hydroxylation is 1. The van der Waals surface area contributed by atoms with E-state index in [0.29, 0.717) is 17.1 Å². The van der Waals surface area contributed by atoms with E-state index in [0.717, 1.165) is 36.0 Å². The first-order valence-electron chi connectivity index (χ1n) is 8.03. The van der Waals surface area contributed by atoms with Gasteiger partial charge in [0.2, 0.25) is 0 Å². The van der Waals surface area contributed by atoms with Crippen LogP contribution in [-0.2, 0) is 0 Å². The second-order valence-corrected chi connectivity index (χ2v) is 6.02. The lowest BCUT2D eigenvalue weighted by Gasteiger charge is -2.09. The van der Waals surface area contributed by atoms with Crippen LogP contribution in [0.1, 0.15) is 40.8 Å². The molecule has 7 heteroatoms. The highest BCUT2D eigenvalue weighted by Gasteiger charge is 2.26. The maximum atomic E-state index is 12.6. The minimum Gasteiger partial charge on any atom is -0.321 e. The van der Waals surface area contributed by atoms with E-state index < -0.39 is 0 Å². The smallest absolute Gasteiger partial charge is 0.278 e. The van der Waals surface area contributed by atoms with Crippen LogP contribution < -0.4 is 10.6 Å². The highest BCUT2D eigenvalue weighted by Crippen LogP contribution is 2.24. The summed E-state index contributed by atoms with van der Waals surface area (Å²) in [4.78, 5) is 17.0. The molecule has 1 unspecified atom stereocenters. The maximum absolute atomic E-state index is 12.6. The van der Waals surface area contributed by atoms with Crippen molar-refractivity contribution >= 4 is 22.5 Å². The number of rotatable bonds is 3. The Hall–Kier alpha value is -2.80. The fourth-order valence-electron chi connectivity index (χ4n) is 3.06. The first-order valence-corrected chi connectivity index (χ1v) is 8.03. The molecule has 0 aliphatic carbocycles. The molecule has 0 bridgehead atoms. The summed E-state index contributed by atoms with van der Waals surface area (Å²) in [5, 5.41) is 18.0. The van der Waals surface area contributed by atoms with E-state index in [1.165, 1.54) is 0 Å². The first kappa shape index (κ1) is 14.8. The van der Waals surface area contributed by atoms with Crippen LogP contribution in [0, 0.1) is 6.92 Å². The molecule has 1 aromatic carbocycles. The third-order valence-electron chi connectivity index (χ3n) is 4.27. The molecule has 1 saturated heterocycles. The molecule has 122 valence electrons. The number of pyridine rings is 1. The molecule has 1 aliphatic rings. The number of carbonyl (C=O) groups excluding carboxylic acids is 1. The highest BCUT2D eigenvalue weighted by atomic mass is 16.2. The van der Waals surface area contributed by atoms with Crippen LogP contribution in [0.25, 0.3) is 10.9 Å². The number of aromatic nitrogens is 4. The van der Waals surface area contributed by atoms with E-state index in [4.69, 9.17) is 0 Å². The van der Waals surface area contributed by atoms with Crippen LogP contribution in [0.2, 0.25) is 0 Å². The number of benzene rings is 1. The number of aromatic amines is 1. The standard InChI is InChI=1S/C17H18N6O/c1-10-4-5-11-9-12(6-7-13(11)19-10)20-17(24)16-15(21-23-22-16)14-3-2-8-18-14/h4-7,9,14,18H,2-3,8H2,1H3,(H,20,24)(H,21,22,23). The second-order valence-electron chi connectivity index (χ2n) is 6.02. The third kappa shape index (κ3) is 2.74. The van der Waals surface area contributed by atoms with Crippen LogP contribution >= 0.6 is 0 Å². The number of anilines is 1. The molecular formula is C17H18N6O. The number of nitrogens with zero attached hydrogens (tertiary/aromatic N) is 3. The number of hydrogen-bond acceptors (Lipinski definition) is 5. The Morgan fingerprint density at radius 1 is 1.25 bits per heavy atom. The zero-order valence-electron chi connectivity index (χ0n) is 13.3. The minimum atomic E-state index is -0.258.